The fourth-order valence-electron chi connectivity index (χ4n) is 1.50. The average Bonchev–Trinajstić information content (AvgIpc) is 2.33. The molecule has 2 N–H and O–H groups in total. The lowest BCUT2D eigenvalue weighted by Crippen LogP contribution is -1.91. The van der Waals surface area contributed by atoms with Gasteiger partial charge >= 0.3 is 0 Å². The molecule has 0 spiro atoms. The van der Waals surface area contributed by atoms with Gasteiger partial charge in [0.2, 0.25) is 0 Å². The third-order valence-electron chi connectivity index (χ3n) is 2.54. The van der Waals surface area contributed by atoms with Crippen LogP contribution in [0.3, 0.4) is 0 Å². The Morgan fingerprint density at radius 3 is 2.69 bits per heavy atom. The summed E-state index contributed by atoms with van der Waals surface area (Å²) in [5, 5.41) is 0. The van der Waals surface area contributed by atoms with Crippen LogP contribution < -0.4 is 10.5 Å². The molecule has 1 aromatic carbocycles. The van der Waals surface area contributed by atoms with Crippen molar-refractivity contribution < 1.29 is 4.74 Å². The number of rotatable bonds is 2. The van der Waals surface area contributed by atoms with E-state index < -0.39 is 0 Å². The summed E-state index contributed by atoms with van der Waals surface area (Å²) < 4.78 is 5.16. The largest absolute Gasteiger partial charge is 0.497 e. The molecule has 0 aliphatic heterocycles. The second kappa shape index (κ2) is 4.23. The van der Waals surface area contributed by atoms with E-state index in [-0.39, 0.29) is 0 Å². The molecule has 3 nitrogen and oxygen atoms in total. The van der Waals surface area contributed by atoms with Gasteiger partial charge in [0, 0.05) is 23.5 Å². The number of benzene rings is 1. The molecular formula is C13H14N2O. The predicted molar refractivity (Wildman–Crippen MR) is 65.4 cm³/mol. The standard InChI is InChI=1S/C13H14N2O/c1-9-3-4-10(7-12(9)14)13-8-11(16-2)5-6-15-13/h3-8H,14H2,1-2H3. The second-order valence-corrected chi connectivity index (χ2v) is 3.65. The number of hydrogen-bond donors (Lipinski definition) is 1. The predicted octanol–water partition coefficient (Wildman–Crippen LogP) is 2.65. The number of nitrogen functional groups attached to an aromatic ring is 1. The zero-order valence-corrected chi connectivity index (χ0v) is 9.40. The van der Waals surface area contributed by atoms with Crippen LogP contribution >= 0.6 is 0 Å². The lowest BCUT2D eigenvalue weighted by Gasteiger charge is -2.06. The van der Waals surface area contributed by atoms with E-state index in [1.165, 1.54) is 0 Å². The highest BCUT2D eigenvalue weighted by Gasteiger charge is 2.02. The third kappa shape index (κ3) is 1.98. The lowest BCUT2D eigenvalue weighted by molar-refractivity contribution is 0.414. The topological polar surface area (TPSA) is 48.1 Å². The maximum absolute atomic E-state index is 5.87. The van der Waals surface area contributed by atoms with E-state index in [9.17, 15) is 0 Å². The number of anilines is 1. The van der Waals surface area contributed by atoms with Gasteiger partial charge in [-0.15, -0.1) is 0 Å². The molecule has 0 atom stereocenters. The summed E-state index contributed by atoms with van der Waals surface area (Å²) in [5.74, 6) is 0.796. The SMILES string of the molecule is COc1ccnc(-c2ccc(C)c(N)c2)c1. The van der Waals surface area contributed by atoms with Gasteiger partial charge in [-0.1, -0.05) is 12.1 Å². The van der Waals surface area contributed by atoms with E-state index in [4.69, 9.17) is 10.5 Å². The molecule has 0 unspecified atom stereocenters. The zero-order chi connectivity index (χ0) is 11.5. The molecule has 0 radical (unpaired) electrons. The summed E-state index contributed by atoms with van der Waals surface area (Å²) in [7, 11) is 1.64. The summed E-state index contributed by atoms with van der Waals surface area (Å²) in [4.78, 5) is 4.29. The normalized spacial score (nSPS) is 10.1. The van der Waals surface area contributed by atoms with Crippen LogP contribution in [0.4, 0.5) is 5.69 Å². The molecule has 0 aliphatic rings. The van der Waals surface area contributed by atoms with E-state index in [0.717, 1.165) is 28.3 Å². The van der Waals surface area contributed by atoms with Gasteiger partial charge < -0.3 is 10.5 Å². The number of hydrogen-bond acceptors (Lipinski definition) is 3. The van der Waals surface area contributed by atoms with Crippen molar-refractivity contribution in [1.29, 1.82) is 0 Å². The molecule has 3 heteroatoms. The monoisotopic (exact) mass is 214 g/mol. The Hall–Kier alpha value is -2.03. The first-order valence-electron chi connectivity index (χ1n) is 5.07. The van der Waals surface area contributed by atoms with Crippen molar-refractivity contribution in [2.24, 2.45) is 0 Å². The van der Waals surface area contributed by atoms with Crippen molar-refractivity contribution >= 4 is 5.69 Å². The first-order chi connectivity index (χ1) is 7.70. The Kier molecular flexibility index (Phi) is 2.77. The number of pyridine rings is 1. The Balaban J connectivity index is 2.46. The number of aromatic nitrogens is 1. The van der Waals surface area contributed by atoms with Crippen molar-refractivity contribution in [3.63, 3.8) is 0 Å². The average molecular weight is 214 g/mol. The van der Waals surface area contributed by atoms with Gasteiger partial charge in [0.05, 0.1) is 12.8 Å². The van der Waals surface area contributed by atoms with Gasteiger partial charge in [-0.2, -0.15) is 0 Å². The highest BCUT2D eigenvalue weighted by molar-refractivity contribution is 5.66. The molecule has 0 bridgehead atoms. The van der Waals surface area contributed by atoms with Gasteiger partial charge in [-0.25, -0.2) is 0 Å². The maximum atomic E-state index is 5.87. The van der Waals surface area contributed by atoms with Crippen LogP contribution in [0.2, 0.25) is 0 Å². The summed E-state index contributed by atoms with van der Waals surface area (Å²) in [6.07, 6.45) is 1.73. The molecule has 0 aliphatic carbocycles. The number of ether oxygens (including phenoxy) is 1. The Morgan fingerprint density at radius 1 is 1.19 bits per heavy atom. The van der Waals surface area contributed by atoms with Crippen molar-refractivity contribution in [2.75, 3.05) is 12.8 Å². The van der Waals surface area contributed by atoms with Crippen LogP contribution in [0.1, 0.15) is 5.56 Å². The van der Waals surface area contributed by atoms with Crippen LogP contribution in [-0.4, -0.2) is 12.1 Å². The molecule has 2 rings (SSSR count). The number of methoxy groups -OCH3 is 1. The molecule has 82 valence electrons. The maximum Gasteiger partial charge on any atom is 0.122 e. The molecular weight excluding hydrogens is 200 g/mol. The molecule has 0 saturated heterocycles. The van der Waals surface area contributed by atoms with Crippen molar-refractivity contribution in [2.45, 2.75) is 6.92 Å². The van der Waals surface area contributed by atoms with Gasteiger partial charge in [0.1, 0.15) is 5.75 Å². The summed E-state index contributed by atoms with van der Waals surface area (Å²) in [6.45, 7) is 1.98. The molecule has 2 aromatic rings. The highest BCUT2D eigenvalue weighted by atomic mass is 16.5. The first-order valence-corrected chi connectivity index (χ1v) is 5.07. The smallest absolute Gasteiger partial charge is 0.122 e. The number of nitrogens with zero attached hydrogens (tertiary/aromatic N) is 1. The molecule has 1 heterocycles. The van der Waals surface area contributed by atoms with Gasteiger partial charge in [0.25, 0.3) is 0 Å². The van der Waals surface area contributed by atoms with Crippen LogP contribution in [-0.2, 0) is 0 Å². The van der Waals surface area contributed by atoms with Crippen LogP contribution in [0.15, 0.2) is 36.5 Å². The van der Waals surface area contributed by atoms with Gasteiger partial charge in [-0.05, 0) is 24.6 Å². The molecule has 0 saturated carbocycles. The van der Waals surface area contributed by atoms with E-state index in [0.29, 0.717) is 0 Å². The number of nitrogens with two attached hydrogens (primary N) is 1. The van der Waals surface area contributed by atoms with E-state index in [1.54, 1.807) is 13.3 Å². The fraction of sp³-hybridized carbons (Fsp3) is 0.154. The van der Waals surface area contributed by atoms with Crippen LogP contribution in [0, 0.1) is 6.92 Å². The van der Waals surface area contributed by atoms with Crippen LogP contribution in [0.5, 0.6) is 5.75 Å². The van der Waals surface area contributed by atoms with Crippen molar-refractivity contribution in [3.8, 4) is 17.0 Å². The molecule has 0 amide bonds. The Morgan fingerprint density at radius 2 is 2.00 bits per heavy atom. The summed E-state index contributed by atoms with van der Waals surface area (Å²) in [5.41, 5.74) is 9.59. The summed E-state index contributed by atoms with van der Waals surface area (Å²) in [6, 6.07) is 9.64. The molecule has 16 heavy (non-hydrogen) atoms. The molecule has 0 fully saturated rings. The minimum atomic E-state index is 0.780. The quantitative estimate of drug-likeness (QED) is 0.782. The van der Waals surface area contributed by atoms with Gasteiger partial charge in [-0.3, -0.25) is 4.98 Å². The molecule has 1 aromatic heterocycles. The highest BCUT2D eigenvalue weighted by Crippen LogP contribution is 2.24. The van der Waals surface area contributed by atoms with Gasteiger partial charge in [0.15, 0.2) is 0 Å². The zero-order valence-electron chi connectivity index (χ0n) is 9.40. The summed E-state index contributed by atoms with van der Waals surface area (Å²) >= 11 is 0. The minimum absolute atomic E-state index is 0.780. The first kappa shape index (κ1) is 10.5. The van der Waals surface area contributed by atoms with E-state index in [1.807, 2.05) is 37.3 Å². The second-order valence-electron chi connectivity index (χ2n) is 3.65. The van der Waals surface area contributed by atoms with Crippen LogP contribution in [0.25, 0.3) is 11.3 Å². The minimum Gasteiger partial charge on any atom is -0.497 e. The fourth-order valence-corrected chi connectivity index (χ4v) is 1.50. The lowest BCUT2D eigenvalue weighted by atomic mass is 10.1. The van der Waals surface area contributed by atoms with E-state index in [2.05, 4.69) is 4.98 Å². The Labute approximate surface area is 94.9 Å². The Bertz CT molecular complexity index is 509. The van der Waals surface area contributed by atoms with E-state index >= 15 is 0 Å². The van der Waals surface area contributed by atoms with Crippen molar-refractivity contribution in [3.05, 3.63) is 42.1 Å². The number of aryl methyl sites for hydroxylation is 1. The van der Waals surface area contributed by atoms with Crippen molar-refractivity contribution in [1.82, 2.24) is 4.98 Å². The third-order valence-corrected chi connectivity index (χ3v) is 2.54.